The van der Waals surface area contributed by atoms with Gasteiger partial charge in [-0.05, 0) is 25.0 Å². The van der Waals surface area contributed by atoms with Gasteiger partial charge < -0.3 is 15.5 Å². The summed E-state index contributed by atoms with van der Waals surface area (Å²) in [7, 11) is 0. The zero-order valence-electron chi connectivity index (χ0n) is 13.0. The molecule has 2 N–H and O–H groups in total. The number of fused-ring (bicyclic) bond motifs is 1. The van der Waals surface area contributed by atoms with Crippen LogP contribution in [-0.4, -0.2) is 47.3 Å². The Morgan fingerprint density at radius 1 is 1.38 bits per heavy atom. The van der Waals surface area contributed by atoms with Gasteiger partial charge in [-0.15, -0.1) is 0 Å². The van der Waals surface area contributed by atoms with Crippen LogP contribution >= 0.6 is 0 Å². The molecule has 0 unspecified atom stereocenters. The molecule has 0 radical (unpaired) electrons. The molecule has 8 heteroatoms. The number of halogens is 2. The average Bonchev–Trinajstić information content (AvgIpc) is 2.98. The standard InChI is InChI=1S/C16H17F2N3O3/c1-2-11-16(24)21-7-8(6-12(21)15(23)20-11)19-14(22)9-4-3-5-10(17)13(9)18/h3-5,8,11-12H,2,6-7H2,1H3,(H,19,22)(H,20,23)/t8-,11-,12-/m0/s1. The topological polar surface area (TPSA) is 78.5 Å². The molecule has 2 saturated heterocycles. The summed E-state index contributed by atoms with van der Waals surface area (Å²) in [6.45, 7) is 1.97. The maximum Gasteiger partial charge on any atom is 0.254 e. The van der Waals surface area contributed by atoms with Crippen molar-refractivity contribution in [2.24, 2.45) is 0 Å². The molecule has 2 aliphatic rings. The fourth-order valence-corrected chi connectivity index (χ4v) is 3.18. The van der Waals surface area contributed by atoms with Gasteiger partial charge in [-0.25, -0.2) is 8.78 Å². The minimum Gasteiger partial charge on any atom is -0.347 e. The molecule has 0 bridgehead atoms. The molecule has 0 saturated carbocycles. The quantitative estimate of drug-likeness (QED) is 0.847. The molecule has 128 valence electrons. The number of hydrogen-bond acceptors (Lipinski definition) is 3. The minimum absolute atomic E-state index is 0.177. The summed E-state index contributed by atoms with van der Waals surface area (Å²) in [4.78, 5) is 37.9. The van der Waals surface area contributed by atoms with Crippen molar-refractivity contribution in [3.8, 4) is 0 Å². The first kappa shape index (κ1) is 16.4. The van der Waals surface area contributed by atoms with Gasteiger partial charge in [0.05, 0.1) is 5.56 Å². The number of nitrogens with one attached hydrogen (secondary N) is 2. The molecule has 1 aromatic rings. The largest absolute Gasteiger partial charge is 0.347 e. The fraction of sp³-hybridized carbons (Fsp3) is 0.438. The predicted octanol–water partition coefficient (Wildman–Crippen LogP) is 0.572. The fourth-order valence-electron chi connectivity index (χ4n) is 3.18. The molecule has 3 amide bonds. The number of carbonyl (C=O) groups excluding carboxylic acids is 3. The maximum atomic E-state index is 13.7. The second-order valence-electron chi connectivity index (χ2n) is 5.98. The van der Waals surface area contributed by atoms with Gasteiger partial charge in [0.2, 0.25) is 11.8 Å². The van der Waals surface area contributed by atoms with Gasteiger partial charge in [0.1, 0.15) is 12.1 Å². The smallest absolute Gasteiger partial charge is 0.254 e. The second-order valence-corrected chi connectivity index (χ2v) is 5.98. The van der Waals surface area contributed by atoms with Crippen molar-refractivity contribution < 1.29 is 23.2 Å². The van der Waals surface area contributed by atoms with Crippen molar-refractivity contribution in [3.63, 3.8) is 0 Å². The van der Waals surface area contributed by atoms with Crippen LogP contribution in [0.3, 0.4) is 0 Å². The molecular formula is C16H17F2N3O3. The summed E-state index contributed by atoms with van der Waals surface area (Å²) in [5, 5.41) is 5.23. The number of piperazine rings is 1. The molecule has 3 atom stereocenters. The molecule has 2 heterocycles. The van der Waals surface area contributed by atoms with E-state index in [4.69, 9.17) is 0 Å². The Kier molecular flexibility index (Phi) is 4.21. The van der Waals surface area contributed by atoms with Gasteiger partial charge >= 0.3 is 0 Å². The van der Waals surface area contributed by atoms with E-state index in [1.807, 2.05) is 0 Å². The molecule has 2 fully saturated rings. The predicted molar refractivity (Wildman–Crippen MR) is 80.0 cm³/mol. The highest BCUT2D eigenvalue weighted by Crippen LogP contribution is 2.24. The van der Waals surface area contributed by atoms with Crippen LogP contribution in [0.4, 0.5) is 8.78 Å². The van der Waals surface area contributed by atoms with E-state index in [9.17, 15) is 23.2 Å². The van der Waals surface area contributed by atoms with Crippen molar-refractivity contribution in [3.05, 3.63) is 35.4 Å². The number of carbonyl (C=O) groups is 3. The number of rotatable bonds is 3. The molecule has 3 rings (SSSR count). The van der Waals surface area contributed by atoms with E-state index in [2.05, 4.69) is 10.6 Å². The Morgan fingerprint density at radius 3 is 2.83 bits per heavy atom. The van der Waals surface area contributed by atoms with Crippen LogP contribution in [0, 0.1) is 11.6 Å². The van der Waals surface area contributed by atoms with Crippen molar-refractivity contribution >= 4 is 17.7 Å². The van der Waals surface area contributed by atoms with Gasteiger partial charge in [0.25, 0.3) is 5.91 Å². The first-order valence-corrected chi connectivity index (χ1v) is 7.78. The van der Waals surface area contributed by atoms with Crippen LogP contribution in [0.2, 0.25) is 0 Å². The molecular weight excluding hydrogens is 320 g/mol. The molecule has 1 aromatic carbocycles. The van der Waals surface area contributed by atoms with Gasteiger partial charge in [-0.3, -0.25) is 14.4 Å². The Bertz CT molecular complexity index is 710. The van der Waals surface area contributed by atoms with Crippen LogP contribution in [0.25, 0.3) is 0 Å². The third kappa shape index (κ3) is 2.72. The lowest BCUT2D eigenvalue weighted by molar-refractivity contribution is -0.147. The summed E-state index contributed by atoms with van der Waals surface area (Å²) in [6.07, 6.45) is 0.732. The highest BCUT2D eigenvalue weighted by atomic mass is 19.2. The normalized spacial score (nSPS) is 26.1. The van der Waals surface area contributed by atoms with Crippen LogP contribution in [0.1, 0.15) is 30.1 Å². The molecule has 24 heavy (non-hydrogen) atoms. The monoisotopic (exact) mass is 337 g/mol. The van der Waals surface area contributed by atoms with E-state index in [-0.39, 0.29) is 24.8 Å². The lowest BCUT2D eigenvalue weighted by Gasteiger charge is -2.33. The highest BCUT2D eigenvalue weighted by Gasteiger charge is 2.46. The number of hydrogen-bond donors (Lipinski definition) is 2. The molecule has 0 spiro atoms. The van der Waals surface area contributed by atoms with E-state index in [1.54, 1.807) is 6.92 Å². The summed E-state index contributed by atoms with van der Waals surface area (Å²) >= 11 is 0. The Labute approximate surface area is 137 Å². The Hall–Kier alpha value is -2.51. The van der Waals surface area contributed by atoms with Gasteiger partial charge in [0, 0.05) is 12.6 Å². The van der Waals surface area contributed by atoms with E-state index in [0.717, 1.165) is 6.07 Å². The molecule has 0 aromatic heterocycles. The van der Waals surface area contributed by atoms with Crippen LogP contribution in [-0.2, 0) is 9.59 Å². The van der Waals surface area contributed by atoms with Crippen LogP contribution in [0.5, 0.6) is 0 Å². The zero-order chi connectivity index (χ0) is 17.4. The summed E-state index contributed by atoms with van der Waals surface area (Å²) in [5.74, 6) is -3.53. The lowest BCUT2D eigenvalue weighted by Crippen LogP contribution is -2.60. The molecule has 6 nitrogen and oxygen atoms in total. The van der Waals surface area contributed by atoms with Crippen molar-refractivity contribution in [2.45, 2.75) is 37.9 Å². The van der Waals surface area contributed by atoms with E-state index in [0.29, 0.717) is 6.42 Å². The number of nitrogens with zero attached hydrogens (tertiary/aromatic N) is 1. The zero-order valence-corrected chi connectivity index (χ0v) is 13.0. The first-order valence-electron chi connectivity index (χ1n) is 7.78. The average molecular weight is 337 g/mol. The lowest BCUT2D eigenvalue weighted by atomic mass is 10.1. The minimum atomic E-state index is -1.22. The number of benzene rings is 1. The molecule has 2 aliphatic heterocycles. The van der Waals surface area contributed by atoms with Crippen molar-refractivity contribution in [1.29, 1.82) is 0 Å². The maximum absolute atomic E-state index is 13.7. The first-order chi connectivity index (χ1) is 11.4. The third-order valence-electron chi connectivity index (χ3n) is 4.44. The van der Waals surface area contributed by atoms with E-state index in [1.165, 1.54) is 17.0 Å². The SMILES string of the molecule is CC[C@@H]1NC(=O)[C@@H]2C[C@H](NC(=O)c3cccc(F)c3F)CN2C1=O. The summed E-state index contributed by atoms with van der Waals surface area (Å²) in [6, 6.07) is 1.67. The third-order valence-corrected chi connectivity index (χ3v) is 4.44. The molecule has 0 aliphatic carbocycles. The van der Waals surface area contributed by atoms with Gasteiger partial charge in [-0.1, -0.05) is 13.0 Å². The van der Waals surface area contributed by atoms with Crippen molar-refractivity contribution in [1.82, 2.24) is 15.5 Å². The summed E-state index contributed by atoms with van der Waals surface area (Å²) in [5.41, 5.74) is -0.401. The highest BCUT2D eigenvalue weighted by molar-refractivity contribution is 5.98. The van der Waals surface area contributed by atoms with Crippen LogP contribution < -0.4 is 10.6 Å². The Balaban J connectivity index is 1.72. The van der Waals surface area contributed by atoms with E-state index < -0.39 is 41.2 Å². The van der Waals surface area contributed by atoms with E-state index >= 15 is 0 Å². The number of amides is 3. The van der Waals surface area contributed by atoms with Gasteiger partial charge in [0.15, 0.2) is 11.6 Å². The Morgan fingerprint density at radius 2 is 2.12 bits per heavy atom. The summed E-state index contributed by atoms with van der Waals surface area (Å²) < 4.78 is 26.9. The van der Waals surface area contributed by atoms with Crippen molar-refractivity contribution in [2.75, 3.05) is 6.54 Å². The van der Waals surface area contributed by atoms with Gasteiger partial charge in [-0.2, -0.15) is 0 Å². The second kappa shape index (κ2) is 6.18. The van der Waals surface area contributed by atoms with Crippen LogP contribution in [0.15, 0.2) is 18.2 Å².